The molecule has 0 fully saturated rings. The number of anilines is 3. The highest BCUT2D eigenvalue weighted by molar-refractivity contribution is 9.11. The van der Waals surface area contributed by atoms with Crippen molar-refractivity contribution >= 4 is 71.8 Å². The van der Waals surface area contributed by atoms with E-state index in [1.807, 2.05) is 42.5 Å². The van der Waals surface area contributed by atoms with Gasteiger partial charge < -0.3 is 50.3 Å². The molecular formula is C73H93Br3N4O6. The van der Waals surface area contributed by atoms with Crippen LogP contribution in [-0.2, 0) is 40.8 Å². The molecule has 0 N–H and O–H groups in total. The van der Waals surface area contributed by atoms with Crippen molar-refractivity contribution in [3.8, 4) is 33.9 Å². The molecular weight excluding hydrogens is 1270 g/mol. The van der Waals surface area contributed by atoms with Gasteiger partial charge in [0.05, 0.1) is 28.4 Å². The summed E-state index contributed by atoms with van der Waals surface area (Å²) in [6.07, 6.45) is 12.7. The number of ether oxygens (including phenoxy) is 3. The summed E-state index contributed by atoms with van der Waals surface area (Å²) < 4.78 is 30.1. The van der Waals surface area contributed by atoms with E-state index < -0.39 is 5.60 Å². The van der Waals surface area contributed by atoms with Crippen LogP contribution in [0.3, 0.4) is 0 Å². The molecule has 1 spiro atoms. The van der Waals surface area contributed by atoms with Crippen LogP contribution in [0.2, 0.25) is 0 Å². The highest BCUT2D eigenvalue weighted by atomic mass is 79.9. The molecule has 0 amide bonds. The molecule has 0 atom stereocenters. The zero-order chi connectivity index (χ0) is 61.1. The summed E-state index contributed by atoms with van der Waals surface area (Å²) >= 11 is 8.11. The first-order valence-electron chi connectivity index (χ1n) is 32.1. The molecule has 0 saturated carbocycles. The normalized spacial score (nSPS) is 12.6. The zero-order valence-corrected chi connectivity index (χ0v) is 58.4. The smallest absolute Gasteiger partial charge is 0.340 e. The Labute approximate surface area is 541 Å². The number of aryl methyl sites for hydroxylation is 4. The Morgan fingerprint density at radius 2 is 1.05 bits per heavy atom. The van der Waals surface area contributed by atoms with Crippen molar-refractivity contribution < 1.29 is 45.2 Å². The molecule has 0 saturated heterocycles. The fourth-order valence-corrected chi connectivity index (χ4v) is 14.6. The van der Waals surface area contributed by atoms with Gasteiger partial charge in [-0.05, 0) is 197 Å². The standard InChI is InChI=1S/C37H47Br2N2O3.C36H46N2O3.BrH/c1-8-14-18-24-22-28-30(26-20-16-17-21-27(26)37(42)43-7)29-23-25(19-15-9-2)34(41(12-5)13-6)32(39)36(29)44-35(28)31(38)33(24)40(10-3)11-4;1-7-13-17-25-21-29-33(23-31(25)37(9-3)10-4)40-34-24-32(38(11-5)12-6)26(18-14-8-2)22-30(34)36(29)28-20-16-15-19-27(28)35(39)41-36;/h16-17,20-23H,8-15,18-19H2,1-7H3;15-16,19-24H,7-14,17-18H2,1-6H3;1H/q+1;;/p-1. The Morgan fingerprint density at radius 1 is 0.558 bits per heavy atom. The van der Waals surface area contributed by atoms with Crippen LogP contribution < -0.4 is 46.4 Å². The van der Waals surface area contributed by atoms with Crippen molar-refractivity contribution in [1.29, 1.82) is 0 Å². The summed E-state index contributed by atoms with van der Waals surface area (Å²) in [4.78, 5) is 33.9. The second kappa shape index (κ2) is 31.0. The predicted octanol–water partition coefficient (Wildman–Crippen LogP) is 15.5. The van der Waals surface area contributed by atoms with Crippen molar-refractivity contribution in [2.24, 2.45) is 0 Å². The van der Waals surface area contributed by atoms with Gasteiger partial charge in [0.2, 0.25) is 5.36 Å². The Morgan fingerprint density at radius 3 is 1.55 bits per heavy atom. The zero-order valence-electron chi connectivity index (χ0n) is 53.6. The molecule has 4 aliphatic rings. The number of halogens is 3. The molecule has 86 heavy (non-hydrogen) atoms. The summed E-state index contributed by atoms with van der Waals surface area (Å²) in [6, 6.07) is 29.3. The number of nitrogens with zero attached hydrogens (tertiary/aromatic N) is 4. The first kappa shape index (κ1) is 67.9. The van der Waals surface area contributed by atoms with E-state index in [2.05, 4.69) is 177 Å². The van der Waals surface area contributed by atoms with E-state index in [4.69, 9.17) is 18.6 Å². The minimum atomic E-state index is -1.04. The number of benzene rings is 6. The third-order valence-corrected chi connectivity index (χ3v) is 19.0. The fourth-order valence-electron chi connectivity index (χ4n) is 13.0. The molecule has 5 aromatic rings. The molecule has 10 nitrogen and oxygen atoms in total. The second-order valence-electron chi connectivity index (χ2n) is 22.4. The van der Waals surface area contributed by atoms with Crippen LogP contribution in [0.15, 0.2) is 98.3 Å². The maximum absolute atomic E-state index is 13.5. The van der Waals surface area contributed by atoms with Crippen molar-refractivity contribution in [2.45, 2.75) is 166 Å². The molecule has 5 aromatic carbocycles. The van der Waals surface area contributed by atoms with Gasteiger partial charge in [0, 0.05) is 102 Å². The van der Waals surface area contributed by atoms with Crippen LogP contribution >= 0.6 is 31.9 Å². The Balaban J connectivity index is 0.000000244. The Bertz CT molecular complexity index is 3460. The van der Waals surface area contributed by atoms with Gasteiger partial charge in [0.25, 0.3) is 0 Å². The second-order valence-corrected chi connectivity index (χ2v) is 24.0. The number of hydrogen-bond donors (Lipinski definition) is 0. The SMILES string of the molecule is CCCCc1cc2c(-c3ccccc3C(=O)OC)c3cc(CCCC)c(=[N+](CC)CC)c(Br)c-3oc2c(Br)c1N(CC)CC.CCCCc1cc2c(cc1N(CC)CC)Oc1cc(N(CC)CC)c(CCCC)cc1C21OC(=O)c2ccccc21.[Br-]. The van der Waals surface area contributed by atoms with E-state index in [0.29, 0.717) is 11.1 Å². The third-order valence-electron chi connectivity index (χ3n) is 17.6. The lowest BCUT2D eigenvalue weighted by Crippen LogP contribution is -3.00. The van der Waals surface area contributed by atoms with Gasteiger partial charge in [-0.2, -0.15) is 0 Å². The Hall–Kier alpha value is -5.63. The average molecular weight is 1360 g/mol. The van der Waals surface area contributed by atoms with Crippen LogP contribution in [-0.4, -0.2) is 71.4 Å². The lowest BCUT2D eigenvalue weighted by atomic mass is 9.76. The van der Waals surface area contributed by atoms with Crippen molar-refractivity contribution in [3.63, 3.8) is 0 Å². The Kier molecular flexibility index (Phi) is 24.5. The summed E-state index contributed by atoms with van der Waals surface area (Å²) in [7, 11) is 1.45. The highest BCUT2D eigenvalue weighted by Gasteiger charge is 2.54. The lowest BCUT2D eigenvalue weighted by molar-refractivity contribution is -0.0000740. The van der Waals surface area contributed by atoms with Crippen molar-refractivity contribution in [3.05, 3.63) is 149 Å². The van der Waals surface area contributed by atoms with Gasteiger partial charge >= 0.3 is 11.9 Å². The van der Waals surface area contributed by atoms with Crippen LogP contribution in [0.25, 0.3) is 33.4 Å². The van der Waals surface area contributed by atoms with Crippen LogP contribution in [0, 0.1) is 0 Å². The van der Waals surface area contributed by atoms with E-state index in [1.165, 1.54) is 51.8 Å². The number of carbonyl (C=O) groups is 2. The van der Waals surface area contributed by atoms with E-state index in [0.717, 1.165) is 200 Å². The van der Waals surface area contributed by atoms with Crippen LogP contribution in [0.4, 0.5) is 17.1 Å². The van der Waals surface area contributed by atoms with E-state index in [1.54, 1.807) is 0 Å². The fraction of sp³-hybridized carbons (Fsp3) is 0.466. The maximum atomic E-state index is 13.5. The topological polar surface area (TPSA) is 87.7 Å². The van der Waals surface area contributed by atoms with E-state index in [9.17, 15) is 9.59 Å². The molecule has 1 aliphatic carbocycles. The first-order valence-corrected chi connectivity index (χ1v) is 33.7. The number of methoxy groups -OCH3 is 1. The lowest BCUT2D eigenvalue weighted by Gasteiger charge is -2.39. The predicted molar refractivity (Wildman–Crippen MR) is 361 cm³/mol. The summed E-state index contributed by atoms with van der Waals surface area (Å²) in [6.45, 7) is 33.8. The first-order chi connectivity index (χ1) is 41.3. The quantitative estimate of drug-likeness (QED) is 0.0315. The minimum absolute atomic E-state index is 0. The molecule has 3 heterocycles. The van der Waals surface area contributed by atoms with Crippen molar-refractivity contribution in [1.82, 2.24) is 4.58 Å². The molecule has 9 rings (SSSR count). The van der Waals surface area contributed by atoms with Gasteiger partial charge in [-0.25, -0.2) is 14.2 Å². The molecule has 462 valence electrons. The summed E-state index contributed by atoms with van der Waals surface area (Å²) in [5.74, 6) is 1.71. The average Bonchev–Trinajstić information content (AvgIpc) is 1.42. The van der Waals surface area contributed by atoms with Gasteiger partial charge in [0.1, 0.15) is 29.1 Å². The molecule has 0 aromatic heterocycles. The minimum Gasteiger partial charge on any atom is -1.00 e. The monoisotopic (exact) mass is 1360 g/mol. The molecule has 0 unspecified atom stereocenters. The van der Waals surface area contributed by atoms with Gasteiger partial charge in [0.15, 0.2) is 16.9 Å². The largest absolute Gasteiger partial charge is 1.00 e. The molecule has 13 heteroatoms. The summed E-state index contributed by atoms with van der Waals surface area (Å²) in [5.41, 5.74) is 15.3. The maximum Gasteiger partial charge on any atom is 0.340 e. The van der Waals surface area contributed by atoms with Gasteiger partial charge in [-0.15, -0.1) is 0 Å². The number of esters is 2. The van der Waals surface area contributed by atoms with Crippen LogP contribution in [0.5, 0.6) is 11.5 Å². The summed E-state index contributed by atoms with van der Waals surface area (Å²) in [5, 5.41) is 2.18. The molecule has 3 aliphatic heterocycles. The van der Waals surface area contributed by atoms with Crippen molar-refractivity contribution in [2.75, 3.05) is 74.2 Å². The molecule has 0 radical (unpaired) electrons. The van der Waals surface area contributed by atoms with Gasteiger partial charge in [-0.3, -0.25) is 0 Å². The number of rotatable bonds is 25. The number of fused-ring (bicyclic) bond motifs is 8. The molecule has 0 bridgehead atoms. The van der Waals surface area contributed by atoms with E-state index >= 15 is 0 Å². The number of carbonyl (C=O) groups excluding carboxylic acids is 2. The van der Waals surface area contributed by atoms with Gasteiger partial charge in [-0.1, -0.05) is 89.8 Å². The number of unbranched alkanes of at least 4 members (excludes halogenated alkanes) is 4. The van der Waals surface area contributed by atoms with Crippen LogP contribution in [0.1, 0.15) is 194 Å². The highest BCUT2D eigenvalue weighted by Crippen LogP contribution is 2.58. The third kappa shape index (κ3) is 13.1. The van der Waals surface area contributed by atoms with E-state index in [-0.39, 0.29) is 28.9 Å². The number of hydrogen-bond acceptors (Lipinski definition) is 9.